The molecule has 0 unspecified atom stereocenters. The fourth-order valence-corrected chi connectivity index (χ4v) is 1.19. The minimum absolute atomic E-state index is 0. The number of halogens is 1. The highest BCUT2D eigenvalue weighted by Gasteiger charge is 2.06. The van der Waals surface area contributed by atoms with Gasteiger partial charge in [0.15, 0.2) is 0 Å². The lowest BCUT2D eigenvalue weighted by atomic mass is 10.2. The van der Waals surface area contributed by atoms with Crippen molar-refractivity contribution in [3.8, 4) is 0 Å². The molecule has 0 heterocycles. The van der Waals surface area contributed by atoms with Crippen LogP contribution >= 0.6 is 12.4 Å². The van der Waals surface area contributed by atoms with Crippen molar-refractivity contribution in [2.24, 2.45) is 0 Å². The molecule has 7 N–H and O–H groups in total. The van der Waals surface area contributed by atoms with E-state index in [4.69, 9.17) is 4.55 Å². The van der Waals surface area contributed by atoms with Gasteiger partial charge in [0.2, 0.25) is 0 Å². The third-order valence-electron chi connectivity index (χ3n) is 1.32. The quantitative estimate of drug-likeness (QED) is 0.650. The van der Waals surface area contributed by atoms with Crippen LogP contribution in [0, 0.1) is 6.92 Å². The molecular weight excluding hydrogens is 228 g/mol. The van der Waals surface area contributed by atoms with Gasteiger partial charge in [-0.15, -0.1) is 12.4 Å². The molecule has 5 nitrogen and oxygen atoms in total. The summed E-state index contributed by atoms with van der Waals surface area (Å²) < 4.78 is 29.6. The average molecular weight is 243 g/mol. The van der Waals surface area contributed by atoms with Gasteiger partial charge in [-0.1, -0.05) is 17.7 Å². The van der Waals surface area contributed by atoms with Crippen molar-refractivity contribution in [1.82, 2.24) is 12.3 Å². The van der Waals surface area contributed by atoms with E-state index in [9.17, 15) is 8.42 Å². The molecule has 84 valence electrons. The SMILES string of the molecule is Cc1ccc(S(=O)(=O)O)cc1.Cl.N.N. The average Bonchev–Trinajstić information content (AvgIpc) is 1.86. The Balaban J connectivity index is -0.000000403. The monoisotopic (exact) mass is 242 g/mol. The molecule has 1 aromatic rings. The van der Waals surface area contributed by atoms with E-state index in [-0.39, 0.29) is 29.6 Å². The van der Waals surface area contributed by atoms with E-state index in [1.807, 2.05) is 6.92 Å². The van der Waals surface area contributed by atoms with Gasteiger partial charge in [-0.05, 0) is 19.1 Å². The minimum atomic E-state index is -4.02. The van der Waals surface area contributed by atoms with Crippen LogP contribution in [-0.4, -0.2) is 13.0 Å². The summed E-state index contributed by atoms with van der Waals surface area (Å²) in [5.41, 5.74) is 0.956. The fourth-order valence-electron chi connectivity index (χ4n) is 0.710. The first kappa shape index (κ1) is 19.0. The van der Waals surface area contributed by atoms with Crippen LogP contribution in [0.3, 0.4) is 0 Å². The van der Waals surface area contributed by atoms with Crippen LogP contribution in [0.2, 0.25) is 0 Å². The Hall–Kier alpha value is -0.660. The number of rotatable bonds is 1. The Labute approximate surface area is 89.8 Å². The van der Waals surface area contributed by atoms with Gasteiger partial charge in [-0.25, -0.2) is 0 Å². The van der Waals surface area contributed by atoms with Crippen molar-refractivity contribution in [3.63, 3.8) is 0 Å². The zero-order valence-electron chi connectivity index (χ0n) is 7.80. The molecule has 0 atom stereocenters. The Morgan fingerprint density at radius 1 is 1.07 bits per heavy atom. The van der Waals surface area contributed by atoms with Gasteiger partial charge in [-0.3, -0.25) is 4.55 Å². The Kier molecular flexibility index (Phi) is 9.15. The number of aryl methyl sites for hydroxylation is 1. The molecule has 0 aliphatic rings. The van der Waals surface area contributed by atoms with Crippen molar-refractivity contribution in [2.45, 2.75) is 11.8 Å². The lowest BCUT2D eigenvalue weighted by Gasteiger charge is -1.95. The van der Waals surface area contributed by atoms with Crippen LogP contribution in [0.25, 0.3) is 0 Å². The molecule has 0 saturated carbocycles. The lowest BCUT2D eigenvalue weighted by Crippen LogP contribution is -1.96. The van der Waals surface area contributed by atoms with E-state index >= 15 is 0 Å². The normalized spacial score (nSPS) is 9.00. The van der Waals surface area contributed by atoms with E-state index in [0.717, 1.165) is 5.56 Å². The summed E-state index contributed by atoms with van der Waals surface area (Å²) in [6.45, 7) is 1.84. The molecule has 14 heavy (non-hydrogen) atoms. The minimum Gasteiger partial charge on any atom is -0.344 e. The molecule has 0 aliphatic heterocycles. The fraction of sp³-hybridized carbons (Fsp3) is 0.143. The van der Waals surface area contributed by atoms with Crippen molar-refractivity contribution in [3.05, 3.63) is 29.8 Å². The third kappa shape index (κ3) is 5.15. The van der Waals surface area contributed by atoms with Crippen LogP contribution < -0.4 is 12.3 Å². The number of benzene rings is 1. The topological polar surface area (TPSA) is 124 Å². The van der Waals surface area contributed by atoms with Gasteiger partial charge >= 0.3 is 0 Å². The van der Waals surface area contributed by atoms with Gasteiger partial charge < -0.3 is 12.3 Å². The largest absolute Gasteiger partial charge is 0.344 e. The van der Waals surface area contributed by atoms with E-state index in [1.165, 1.54) is 12.1 Å². The lowest BCUT2D eigenvalue weighted by molar-refractivity contribution is 0.483. The first-order chi connectivity index (χ1) is 5.00. The van der Waals surface area contributed by atoms with Gasteiger partial charge in [0, 0.05) is 0 Å². The molecule has 0 saturated heterocycles. The maximum atomic E-state index is 10.5. The summed E-state index contributed by atoms with van der Waals surface area (Å²) in [4.78, 5) is -0.0666. The van der Waals surface area contributed by atoms with Crippen LogP contribution in [-0.2, 0) is 10.1 Å². The van der Waals surface area contributed by atoms with E-state index < -0.39 is 10.1 Å². The highest BCUT2D eigenvalue weighted by atomic mass is 35.5. The van der Waals surface area contributed by atoms with Crippen LogP contribution in [0.5, 0.6) is 0 Å². The van der Waals surface area contributed by atoms with Crippen LogP contribution in [0.4, 0.5) is 0 Å². The van der Waals surface area contributed by atoms with Gasteiger partial charge in [0.1, 0.15) is 0 Å². The molecule has 0 aromatic heterocycles. The molecule has 0 spiro atoms. The molecule has 0 aliphatic carbocycles. The van der Waals surface area contributed by atoms with Crippen molar-refractivity contribution >= 4 is 22.5 Å². The second-order valence-corrected chi connectivity index (χ2v) is 3.71. The van der Waals surface area contributed by atoms with E-state index in [1.54, 1.807) is 12.1 Å². The molecule has 1 aromatic carbocycles. The number of hydrogen-bond acceptors (Lipinski definition) is 4. The number of hydrogen-bond donors (Lipinski definition) is 3. The molecule has 0 amide bonds. The van der Waals surface area contributed by atoms with E-state index in [2.05, 4.69) is 0 Å². The Bertz CT molecular complexity index is 350. The molecule has 0 bridgehead atoms. The van der Waals surface area contributed by atoms with Crippen molar-refractivity contribution in [1.29, 1.82) is 0 Å². The Morgan fingerprint density at radius 2 is 1.43 bits per heavy atom. The summed E-state index contributed by atoms with van der Waals surface area (Å²) in [5, 5.41) is 0. The second kappa shape index (κ2) is 6.74. The highest BCUT2D eigenvalue weighted by Crippen LogP contribution is 2.08. The van der Waals surface area contributed by atoms with Gasteiger partial charge in [0.05, 0.1) is 4.90 Å². The smallest absolute Gasteiger partial charge is 0.294 e. The van der Waals surface area contributed by atoms with Crippen LogP contribution in [0.15, 0.2) is 29.2 Å². The molecule has 7 heteroatoms. The van der Waals surface area contributed by atoms with Gasteiger partial charge in [0.25, 0.3) is 10.1 Å². The maximum Gasteiger partial charge on any atom is 0.294 e. The molecule has 1 rings (SSSR count). The predicted molar refractivity (Wildman–Crippen MR) is 58.3 cm³/mol. The highest BCUT2D eigenvalue weighted by molar-refractivity contribution is 7.85. The summed E-state index contributed by atoms with van der Waals surface area (Å²) >= 11 is 0. The zero-order chi connectivity index (χ0) is 8.48. The molecule has 0 fully saturated rings. The molecular formula is C7H15ClN2O3S. The van der Waals surface area contributed by atoms with E-state index in [0.29, 0.717) is 0 Å². The Morgan fingerprint density at radius 3 is 1.71 bits per heavy atom. The van der Waals surface area contributed by atoms with Crippen LogP contribution in [0.1, 0.15) is 5.56 Å². The standard InChI is InChI=1S/C7H8O3S.ClH.2H3N/c1-6-2-4-7(5-3-6)11(8,9)10;;;/h2-5H,1H3,(H,8,9,10);1H;2*1H3. The predicted octanol–water partition coefficient (Wildman–Crippen LogP) is 1.99. The summed E-state index contributed by atoms with van der Waals surface area (Å²) in [5.74, 6) is 0. The van der Waals surface area contributed by atoms with Crippen molar-refractivity contribution in [2.75, 3.05) is 0 Å². The summed E-state index contributed by atoms with van der Waals surface area (Å²) in [6.07, 6.45) is 0. The maximum absolute atomic E-state index is 10.5. The molecule has 0 radical (unpaired) electrons. The second-order valence-electron chi connectivity index (χ2n) is 2.29. The zero-order valence-corrected chi connectivity index (χ0v) is 9.44. The summed E-state index contributed by atoms with van der Waals surface area (Å²) in [6, 6.07) is 5.99. The van der Waals surface area contributed by atoms with Gasteiger partial charge in [-0.2, -0.15) is 8.42 Å². The first-order valence-corrected chi connectivity index (χ1v) is 4.48. The first-order valence-electron chi connectivity index (χ1n) is 3.04. The van der Waals surface area contributed by atoms with Crippen molar-refractivity contribution < 1.29 is 13.0 Å². The summed E-state index contributed by atoms with van der Waals surface area (Å²) in [7, 11) is -4.02. The third-order valence-corrected chi connectivity index (χ3v) is 2.19.